The van der Waals surface area contributed by atoms with E-state index in [1.165, 1.54) is 7.11 Å². The molecule has 164 valence electrons. The summed E-state index contributed by atoms with van der Waals surface area (Å²) in [7, 11) is 1.33. The second kappa shape index (κ2) is 10.5. The highest BCUT2D eigenvalue weighted by atomic mass is 35.5. The summed E-state index contributed by atoms with van der Waals surface area (Å²) in [5, 5.41) is 1.86. The number of rotatable bonds is 4. The van der Waals surface area contributed by atoms with Crippen LogP contribution in [0, 0.1) is 6.92 Å². The zero-order valence-electron chi connectivity index (χ0n) is 17.2. The minimum atomic E-state index is -0.750. The highest BCUT2D eigenvalue weighted by molar-refractivity contribution is 7.51. The Balaban J connectivity index is 0.000000913. The molecular formula is C23H18Cl2N2O4S. The van der Waals surface area contributed by atoms with Crippen molar-refractivity contribution >= 4 is 51.8 Å². The smallest absolute Gasteiger partial charge is 0.339 e. The molecule has 6 nitrogen and oxygen atoms in total. The Labute approximate surface area is 198 Å². The van der Waals surface area contributed by atoms with E-state index in [4.69, 9.17) is 36.4 Å². The molecule has 0 atom stereocenters. The molecule has 0 aliphatic carbocycles. The predicted molar refractivity (Wildman–Crippen MR) is 125 cm³/mol. The first-order valence-corrected chi connectivity index (χ1v) is 10.8. The molecule has 0 bridgehead atoms. The second-order valence-corrected chi connectivity index (χ2v) is 7.72. The van der Waals surface area contributed by atoms with Crippen molar-refractivity contribution in [2.24, 2.45) is 0 Å². The Morgan fingerprint density at radius 3 is 2.44 bits per heavy atom. The van der Waals surface area contributed by atoms with Crippen LogP contribution in [0.25, 0.3) is 16.7 Å². The number of fused-ring (bicyclic) bond motifs is 1. The molecule has 0 N–H and O–H groups in total. The van der Waals surface area contributed by atoms with Gasteiger partial charge >= 0.3 is 17.5 Å². The molecule has 4 aromatic rings. The van der Waals surface area contributed by atoms with Gasteiger partial charge in [0.05, 0.1) is 17.7 Å². The van der Waals surface area contributed by atoms with Crippen LogP contribution >= 0.6 is 23.2 Å². The van der Waals surface area contributed by atoms with Crippen molar-refractivity contribution in [2.75, 3.05) is 7.11 Å². The van der Waals surface area contributed by atoms with Crippen LogP contribution in [0.3, 0.4) is 0 Å². The molecule has 0 aliphatic rings. The SMILES string of the molecule is COC(=O)c1ccc(Cl)c(Cc2cc3c(C)ccnc3n2-c2ccccc2)c1Cl.O=S=O. The number of hydrogen-bond acceptors (Lipinski definition) is 5. The van der Waals surface area contributed by atoms with E-state index in [-0.39, 0.29) is 0 Å². The number of aryl methyl sites for hydroxylation is 1. The van der Waals surface area contributed by atoms with Gasteiger partial charge in [-0.2, -0.15) is 8.42 Å². The van der Waals surface area contributed by atoms with Gasteiger partial charge in [0.2, 0.25) is 0 Å². The Kier molecular flexibility index (Phi) is 7.80. The van der Waals surface area contributed by atoms with E-state index in [0.29, 0.717) is 27.6 Å². The van der Waals surface area contributed by atoms with Crippen LogP contribution in [0.5, 0.6) is 0 Å². The van der Waals surface area contributed by atoms with Gasteiger partial charge in [0, 0.05) is 34.4 Å². The number of para-hydroxylation sites is 1. The number of hydrogen-bond donors (Lipinski definition) is 0. The fourth-order valence-corrected chi connectivity index (χ4v) is 4.06. The molecule has 0 spiro atoms. The lowest BCUT2D eigenvalue weighted by Gasteiger charge is -2.14. The summed E-state index contributed by atoms with van der Waals surface area (Å²) in [5.41, 5.74) is 4.93. The lowest BCUT2D eigenvalue weighted by Crippen LogP contribution is -2.06. The van der Waals surface area contributed by atoms with E-state index in [9.17, 15) is 4.79 Å². The number of aromatic nitrogens is 2. The molecule has 32 heavy (non-hydrogen) atoms. The summed E-state index contributed by atoms with van der Waals surface area (Å²) in [6.07, 6.45) is 2.24. The van der Waals surface area contributed by atoms with E-state index in [1.54, 1.807) is 18.3 Å². The topological polar surface area (TPSA) is 78.3 Å². The molecule has 0 fully saturated rings. The summed E-state index contributed by atoms with van der Waals surface area (Å²) in [5.74, 6) is -0.492. The number of benzene rings is 2. The van der Waals surface area contributed by atoms with Crippen molar-refractivity contribution in [2.45, 2.75) is 13.3 Å². The Morgan fingerprint density at radius 2 is 1.78 bits per heavy atom. The van der Waals surface area contributed by atoms with Gasteiger partial charge in [0.25, 0.3) is 0 Å². The number of carbonyl (C=O) groups excluding carboxylic acids is 1. The lowest BCUT2D eigenvalue weighted by molar-refractivity contribution is 0.0601. The molecule has 0 radical (unpaired) electrons. The molecule has 2 heterocycles. The number of esters is 1. The van der Waals surface area contributed by atoms with Crippen molar-refractivity contribution in [3.63, 3.8) is 0 Å². The molecule has 2 aromatic heterocycles. The van der Waals surface area contributed by atoms with Crippen LogP contribution < -0.4 is 0 Å². The Bertz CT molecular complexity index is 1320. The molecule has 0 amide bonds. The quantitative estimate of drug-likeness (QED) is 0.362. The third-order valence-electron chi connectivity index (χ3n) is 4.96. The minimum absolute atomic E-state index is 0.297. The van der Waals surface area contributed by atoms with Gasteiger partial charge in [-0.05, 0) is 54.4 Å². The van der Waals surface area contributed by atoms with Crippen LogP contribution in [0.2, 0.25) is 10.0 Å². The highest BCUT2D eigenvalue weighted by Gasteiger charge is 2.20. The molecule has 0 unspecified atom stereocenters. The van der Waals surface area contributed by atoms with Gasteiger partial charge in [-0.1, -0.05) is 41.4 Å². The fraction of sp³-hybridized carbons (Fsp3) is 0.130. The number of nitrogens with zero attached hydrogens (tertiary/aromatic N) is 2. The summed E-state index contributed by atoms with van der Waals surface area (Å²) >= 11 is 12.3. The molecule has 0 saturated heterocycles. The minimum Gasteiger partial charge on any atom is -0.465 e. The van der Waals surface area contributed by atoms with Crippen LogP contribution in [-0.4, -0.2) is 31.0 Å². The Hall–Kier alpha value is -3.00. The molecule has 9 heteroatoms. The van der Waals surface area contributed by atoms with Gasteiger partial charge in [-0.3, -0.25) is 4.57 Å². The summed E-state index contributed by atoms with van der Waals surface area (Å²) in [6, 6.07) is 17.3. The van der Waals surface area contributed by atoms with E-state index in [1.807, 2.05) is 36.4 Å². The number of ether oxygens (including phenoxy) is 1. The van der Waals surface area contributed by atoms with E-state index in [0.717, 1.165) is 28.0 Å². The van der Waals surface area contributed by atoms with Crippen LogP contribution in [0.15, 0.2) is 60.8 Å². The number of carbonyl (C=O) groups is 1. The van der Waals surface area contributed by atoms with Crippen LogP contribution in [-0.2, 0) is 22.7 Å². The first-order valence-electron chi connectivity index (χ1n) is 9.41. The first-order chi connectivity index (χ1) is 15.4. The first kappa shape index (κ1) is 23.7. The normalized spacial score (nSPS) is 10.4. The second-order valence-electron chi connectivity index (χ2n) is 6.80. The molecule has 2 aromatic carbocycles. The lowest BCUT2D eigenvalue weighted by atomic mass is 10.1. The molecule has 0 saturated carbocycles. The number of methoxy groups -OCH3 is 1. The maximum atomic E-state index is 12.1. The van der Waals surface area contributed by atoms with Crippen molar-refractivity contribution in [3.05, 3.63) is 93.2 Å². The van der Waals surface area contributed by atoms with Gasteiger partial charge in [-0.15, -0.1) is 0 Å². The van der Waals surface area contributed by atoms with Crippen molar-refractivity contribution in [1.82, 2.24) is 9.55 Å². The third kappa shape index (κ3) is 4.75. The Morgan fingerprint density at radius 1 is 1.09 bits per heavy atom. The van der Waals surface area contributed by atoms with Crippen molar-refractivity contribution in [3.8, 4) is 5.69 Å². The standard InChI is InChI=1S/C23H18Cl2N2O2.O2S/c1-14-10-11-26-22-18(14)12-16(27(22)15-6-4-3-5-7-15)13-19-20(24)9-8-17(21(19)25)23(28)29-2;1-3-2/h3-12H,13H2,1-2H3;. The molecule has 0 aliphatic heterocycles. The predicted octanol–water partition coefficient (Wildman–Crippen LogP) is 5.35. The fourth-order valence-electron chi connectivity index (χ4n) is 3.48. The summed E-state index contributed by atoms with van der Waals surface area (Å²) in [6.45, 7) is 2.06. The van der Waals surface area contributed by atoms with E-state index in [2.05, 4.69) is 22.5 Å². The average Bonchev–Trinajstić information content (AvgIpc) is 3.17. The zero-order chi connectivity index (χ0) is 23.3. The zero-order valence-corrected chi connectivity index (χ0v) is 19.5. The maximum Gasteiger partial charge on any atom is 0.339 e. The maximum absolute atomic E-state index is 12.1. The average molecular weight is 489 g/mol. The highest BCUT2D eigenvalue weighted by Crippen LogP contribution is 2.33. The van der Waals surface area contributed by atoms with Gasteiger partial charge < -0.3 is 4.74 Å². The molecular weight excluding hydrogens is 471 g/mol. The number of halogens is 2. The van der Waals surface area contributed by atoms with Crippen molar-refractivity contribution in [1.29, 1.82) is 0 Å². The van der Waals surface area contributed by atoms with E-state index < -0.39 is 17.5 Å². The third-order valence-corrected chi connectivity index (χ3v) is 5.75. The monoisotopic (exact) mass is 488 g/mol. The van der Waals surface area contributed by atoms with Gasteiger partial charge in [0.15, 0.2) is 0 Å². The van der Waals surface area contributed by atoms with Crippen LogP contribution in [0.1, 0.15) is 27.2 Å². The molecule has 4 rings (SSSR count). The summed E-state index contributed by atoms with van der Waals surface area (Å²) < 4.78 is 23.5. The van der Waals surface area contributed by atoms with Crippen molar-refractivity contribution < 1.29 is 17.9 Å². The van der Waals surface area contributed by atoms with E-state index >= 15 is 0 Å². The van der Waals surface area contributed by atoms with Gasteiger partial charge in [0.1, 0.15) is 5.65 Å². The number of pyridine rings is 1. The van der Waals surface area contributed by atoms with Gasteiger partial charge in [-0.25, -0.2) is 9.78 Å². The largest absolute Gasteiger partial charge is 0.465 e. The summed E-state index contributed by atoms with van der Waals surface area (Å²) in [4.78, 5) is 16.7. The van der Waals surface area contributed by atoms with Crippen LogP contribution in [0.4, 0.5) is 0 Å².